The van der Waals surface area contributed by atoms with Gasteiger partial charge in [-0.15, -0.1) is 0 Å². The topological polar surface area (TPSA) is 94.2 Å². The second-order valence-electron chi connectivity index (χ2n) is 8.77. The Morgan fingerprint density at radius 2 is 1.65 bits per heavy atom. The van der Waals surface area contributed by atoms with Crippen molar-refractivity contribution in [2.24, 2.45) is 0 Å². The van der Waals surface area contributed by atoms with E-state index in [9.17, 15) is 14.4 Å². The fourth-order valence-electron chi connectivity index (χ4n) is 3.91. The van der Waals surface area contributed by atoms with Crippen molar-refractivity contribution in [1.29, 1.82) is 0 Å². The fourth-order valence-corrected chi connectivity index (χ4v) is 4.74. The molecule has 4 amide bonds. The molecule has 0 unspecified atom stereocenters. The van der Waals surface area contributed by atoms with Gasteiger partial charge in [0.2, 0.25) is 0 Å². The SMILES string of the molecule is CCCOc1ccc(CN2C(=O)NC(=O)/C(=C\c3cc(Cl)c(OCc4cccc(Cl)c4)c(Cl)c3)C2=O)cc1OC. The van der Waals surface area contributed by atoms with Gasteiger partial charge in [-0.3, -0.25) is 19.8 Å². The van der Waals surface area contributed by atoms with Crippen LogP contribution in [-0.2, 0) is 22.7 Å². The molecule has 40 heavy (non-hydrogen) atoms. The number of nitrogens with zero attached hydrogens (tertiary/aromatic N) is 1. The molecule has 0 radical (unpaired) electrons. The van der Waals surface area contributed by atoms with Crippen molar-refractivity contribution in [2.45, 2.75) is 26.5 Å². The summed E-state index contributed by atoms with van der Waals surface area (Å²) in [7, 11) is 1.50. The predicted molar refractivity (Wildman–Crippen MR) is 153 cm³/mol. The highest BCUT2D eigenvalue weighted by atomic mass is 35.5. The average Bonchev–Trinajstić information content (AvgIpc) is 2.92. The highest BCUT2D eigenvalue weighted by molar-refractivity contribution is 6.37. The lowest BCUT2D eigenvalue weighted by atomic mass is 10.1. The third kappa shape index (κ3) is 6.88. The van der Waals surface area contributed by atoms with E-state index in [1.807, 2.05) is 13.0 Å². The van der Waals surface area contributed by atoms with Gasteiger partial charge in [0, 0.05) is 5.02 Å². The van der Waals surface area contributed by atoms with Gasteiger partial charge in [0.1, 0.15) is 12.2 Å². The molecule has 0 saturated carbocycles. The molecule has 3 aromatic rings. The van der Waals surface area contributed by atoms with Gasteiger partial charge in [-0.1, -0.05) is 59.9 Å². The first-order chi connectivity index (χ1) is 19.2. The summed E-state index contributed by atoms with van der Waals surface area (Å²) in [4.78, 5) is 39.4. The number of barbiturate groups is 1. The molecule has 1 aliphatic heterocycles. The van der Waals surface area contributed by atoms with E-state index in [1.54, 1.807) is 36.4 Å². The molecule has 1 heterocycles. The number of imide groups is 2. The second kappa shape index (κ2) is 13.1. The highest BCUT2D eigenvalue weighted by Crippen LogP contribution is 2.36. The van der Waals surface area contributed by atoms with Crippen LogP contribution in [0.15, 0.2) is 60.2 Å². The Kier molecular flexibility index (Phi) is 9.58. The van der Waals surface area contributed by atoms with Gasteiger partial charge >= 0.3 is 6.03 Å². The van der Waals surface area contributed by atoms with Gasteiger partial charge in [-0.2, -0.15) is 0 Å². The average molecular weight is 604 g/mol. The van der Waals surface area contributed by atoms with Gasteiger partial charge in [0.15, 0.2) is 17.2 Å². The molecule has 1 saturated heterocycles. The molecule has 0 bridgehead atoms. The zero-order chi connectivity index (χ0) is 28.8. The second-order valence-corrected chi connectivity index (χ2v) is 10.0. The van der Waals surface area contributed by atoms with Crippen molar-refractivity contribution in [3.8, 4) is 17.2 Å². The fraction of sp³-hybridized carbons (Fsp3) is 0.207. The number of hydrogen-bond acceptors (Lipinski definition) is 6. The Labute approximate surface area is 246 Å². The van der Waals surface area contributed by atoms with E-state index in [1.165, 1.54) is 25.3 Å². The molecule has 0 aromatic heterocycles. The van der Waals surface area contributed by atoms with Crippen LogP contribution in [-0.4, -0.2) is 36.5 Å². The van der Waals surface area contributed by atoms with E-state index in [0.717, 1.165) is 16.9 Å². The minimum Gasteiger partial charge on any atom is -0.493 e. The Morgan fingerprint density at radius 3 is 2.33 bits per heavy atom. The van der Waals surface area contributed by atoms with Crippen LogP contribution < -0.4 is 19.5 Å². The lowest BCUT2D eigenvalue weighted by Gasteiger charge is -2.26. The molecule has 0 atom stereocenters. The molecule has 1 fully saturated rings. The molecule has 1 aliphatic rings. The Hall–Kier alpha value is -3.72. The van der Waals surface area contributed by atoms with Gasteiger partial charge in [0.25, 0.3) is 11.8 Å². The minimum absolute atomic E-state index is 0.0997. The summed E-state index contributed by atoms with van der Waals surface area (Å²) in [5.74, 6) is -0.355. The highest BCUT2D eigenvalue weighted by Gasteiger charge is 2.36. The van der Waals surface area contributed by atoms with Crippen molar-refractivity contribution in [3.05, 3.63) is 91.9 Å². The maximum atomic E-state index is 13.3. The summed E-state index contributed by atoms with van der Waals surface area (Å²) >= 11 is 18.9. The number of hydrogen-bond donors (Lipinski definition) is 1. The number of carbonyl (C=O) groups excluding carboxylic acids is 3. The maximum absolute atomic E-state index is 13.3. The first-order valence-electron chi connectivity index (χ1n) is 12.2. The van der Waals surface area contributed by atoms with E-state index in [0.29, 0.717) is 34.3 Å². The summed E-state index contributed by atoms with van der Waals surface area (Å²) in [6.07, 6.45) is 2.14. The lowest BCUT2D eigenvalue weighted by Crippen LogP contribution is -2.53. The molecule has 3 aromatic carbocycles. The van der Waals surface area contributed by atoms with Gasteiger partial charge in [0.05, 0.1) is 30.3 Å². The Bertz CT molecular complexity index is 1470. The normalized spacial score (nSPS) is 14.4. The molecule has 0 aliphatic carbocycles. The van der Waals surface area contributed by atoms with Crippen molar-refractivity contribution in [2.75, 3.05) is 13.7 Å². The smallest absolute Gasteiger partial charge is 0.331 e. The summed E-state index contributed by atoms with van der Waals surface area (Å²) in [5.41, 5.74) is 1.54. The first kappa shape index (κ1) is 29.3. The van der Waals surface area contributed by atoms with E-state index in [4.69, 9.17) is 49.0 Å². The van der Waals surface area contributed by atoms with Gasteiger partial charge in [-0.25, -0.2) is 4.79 Å². The largest absolute Gasteiger partial charge is 0.493 e. The Morgan fingerprint density at radius 1 is 0.900 bits per heavy atom. The van der Waals surface area contributed by atoms with Crippen LogP contribution in [0.4, 0.5) is 4.79 Å². The zero-order valence-corrected chi connectivity index (χ0v) is 23.9. The number of carbonyl (C=O) groups is 3. The monoisotopic (exact) mass is 602 g/mol. The van der Waals surface area contributed by atoms with Crippen LogP contribution in [0.5, 0.6) is 17.2 Å². The van der Waals surface area contributed by atoms with Crippen LogP contribution in [0, 0.1) is 0 Å². The molecular formula is C29H25Cl3N2O6. The van der Waals surface area contributed by atoms with Gasteiger partial charge < -0.3 is 14.2 Å². The van der Waals surface area contributed by atoms with E-state index in [2.05, 4.69) is 5.32 Å². The number of rotatable bonds is 10. The molecule has 0 spiro atoms. The van der Waals surface area contributed by atoms with Crippen molar-refractivity contribution in [3.63, 3.8) is 0 Å². The summed E-state index contributed by atoms with van der Waals surface area (Å²) < 4.78 is 16.8. The van der Waals surface area contributed by atoms with Crippen LogP contribution in [0.3, 0.4) is 0 Å². The van der Waals surface area contributed by atoms with Gasteiger partial charge in [-0.05, 0) is 65.6 Å². The summed E-state index contributed by atoms with van der Waals surface area (Å²) in [5, 5.41) is 3.13. The van der Waals surface area contributed by atoms with Crippen LogP contribution in [0.25, 0.3) is 6.08 Å². The third-order valence-corrected chi connectivity index (χ3v) is 6.62. The van der Waals surface area contributed by atoms with Crippen molar-refractivity contribution >= 4 is 58.7 Å². The third-order valence-electron chi connectivity index (χ3n) is 5.82. The molecule has 4 rings (SSSR count). The predicted octanol–water partition coefficient (Wildman–Crippen LogP) is 6.69. The van der Waals surface area contributed by atoms with E-state index < -0.39 is 17.8 Å². The Balaban J connectivity index is 1.54. The maximum Gasteiger partial charge on any atom is 0.331 e. The molecule has 1 N–H and O–H groups in total. The minimum atomic E-state index is -0.835. The number of urea groups is 1. The van der Waals surface area contributed by atoms with Crippen molar-refractivity contribution in [1.82, 2.24) is 10.2 Å². The van der Waals surface area contributed by atoms with E-state index in [-0.39, 0.29) is 34.5 Å². The number of amides is 4. The summed E-state index contributed by atoms with van der Waals surface area (Å²) in [6, 6.07) is 14.4. The lowest BCUT2D eigenvalue weighted by molar-refractivity contribution is -0.130. The number of benzene rings is 3. The molecular weight excluding hydrogens is 579 g/mol. The molecule has 208 valence electrons. The summed E-state index contributed by atoms with van der Waals surface area (Å²) in [6.45, 7) is 2.58. The first-order valence-corrected chi connectivity index (χ1v) is 13.4. The van der Waals surface area contributed by atoms with Crippen LogP contribution in [0.2, 0.25) is 15.1 Å². The number of nitrogens with one attached hydrogen (secondary N) is 1. The zero-order valence-electron chi connectivity index (χ0n) is 21.6. The van der Waals surface area contributed by atoms with Crippen molar-refractivity contribution < 1.29 is 28.6 Å². The van der Waals surface area contributed by atoms with Crippen LogP contribution >= 0.6 is 34.8 Å². The van der Waals surface area contributed by atoms with Crippen LogP contribution in [0.1, 0.15) is 30.0 Å². The molecule has 8 nitrogen and oxygen atoms in total. The number of methoxy groups -OCH3 is 1. The molecule has 11 heteroatoms. The standard InChI is InChI=1S/C29H25Cl3N2O6/c1-3-9-39-24-8-7-17(14-25(24)38-2)15-34-28(36)21(27(35)33-29(34)37)11-19-12-22(31)26(23(32)13-19)40-16-18-5-4-6-20(30)10-18/h4-8,10-14H,3,9,15-16H2,1-2H3,(H,33,35,37)/b21-11+. The quantitative estimate of drug-likeness (QED) is 0.205. The van der Waals surface area contributed by atoms with E-state index >= 15 is 0 Å². The number of ether oxygens (including phenoxy) is 3. The number of halogens is 3.